The zero-order chi connectivity index (χ0) is 31.5. The quantitative estimate of drug-likeness (QED) is 0.233. The molecule has 2 aliphatic heterocycles. The Bertz CT molecular complexity index is 1200. The monoisotopic (exact) mass is 615 g/mol. The molecule has 1 aromatic heterocycles. The second-order valence-corrected chi connectivity index (χ2v) is 19.7. The first-order chi connectivity index (χ1) is 20.1. The van der Waals surface area contributed by atoms with Crippen LogP contribution in [-0.4, -0.2) is 80.3 Å². The number of aliphatic hydroxyl groups is 1. The van der Waals surface area contributed by atoms with E-state index in [2.05, 4.69) is 77.8 Å². The average Bonchev–Trinajstić information content (AvgIpc) is 3.52. The summed E-state index contributed by atoms with van der Waals surface area (Å²) in [5, 5.41) is 10.7. The SMILES string of the molecule is CO[C@@H]1CO[C@H]([C@@H](C)O)[C@H](C)/C=C(/C)[C@]23O[C@H]4[C@H](C=C[C@@H]2C1)[C@H]3[C@H](O[Si](C)(C)C(C)(C)C)[C@@H](C)[C@H]4OC(=O)c1ccc[nH]1. The summed E-state index contributed by atoms with van der Waals surface area (Å²) in [7, 11) is -0.527. The lowest BCUT2D eigenvalue weighted by Crippen LogP contribution is -2.60. The van der Waals surface area contributed by atoms with Gasteiger partial charge in [-0.1, -0.05) is 52.8 Å². The predicted octanol–water partition coefficient (Wildman–Crippen LogP) is 5.90. The van der Waals surface area contributed by atoms with E-state index in [9.17, 15) is 9.90 Å². The number of esters is 1. The van der Waals surface area contributed by atoms with Crippen LogP contribution in [0.25, 0.3) is 0 Å². The van der Waals surface area contributed by atoms with E-state index in [0.717, 1.165) is 5.57 Å². The second-order valence-electron chi connectivity index (χ2n) is 15.0. The van der Waals surface area contributed by atoms with E-state index in [0.29, 0.717) is 18.7 Å². The number of aromatic amines is 1. The number of nitrogens with one attached hydrogen (secondary N) is 1. The van der Waals surface area contributed by atoms with Crippen LogP contribution in [0.2, 0.25) is 18.1 Å². The molecule has 5 rings (SSSR count). The lowest BCUT2D eigenvalue weighted by Gasteiger charge is -2.53. The van der Waals surface area contributed by atoms with Gasteiger partial charge in [-0.2, -0.15) is 0 Å². The molecular formula is C34H53NO7Si. The minimum atomic E-state index is -2.25. The van der Waals surface area contributed by atoms with E-state index in [1.807, 2.05) is 0 Å². The third kappa shape index (κ3) is 5.63. The highest BCUT2D eigenvalue weighted by atomic mass is 28.4. The highest BCUT2D eigenvalue weighted by Gasteiger charge is 2.70. The Morgan fingerprint density at radius 1 is 1.21 bits per heavy atom. The molecule has 2 fully saturated rings. The Morgan fingerprint density at radius 3 is 2.53 bits per heavy atom. The standard InChI is InChI=1S/C34H53NO7Si/c1-19-16-20(2)34-23(17-24(38-8)18-39-28(19)22(4)36)13-14-25-27(34)29(42-43(9,10)33(5,6)7)21(3)30(31(25)41-34)40-32(37)26-12-11-15-35-26/h11-16,19,21-25,27-31,35-36H,17-18H2,1-10H3/b20-16-/t19-,21-,22-,23-,24+,25-,27+,28+,29-,30-,31+,34+/m1/s1. The lowest BCUT2D eigenvalue weighted by atomic mass is 9.57. The summed E-state index contributed by atoms with van der Waals surface area (Å²) < 4.78 is 33.3. The molecule has 12 atom stereocenters. The van der Waals surface area contributed by atoms with Gasteiger partial charge in [-0.05, 0) is 56.1 Å². The third-order valence-corrected chi connectivity index (χ3v) is 15.7. The molecule has 2 N–H and O–H groups in total. The topological polar surface area (TPSA) is 99.2 Å². The predicted molar refractivity (Wildman–Crippen MR) is 168 cm³/mol. The molecule has 1 saturated carbocycles. The lowest BCUT2D eigenvalue weighted by molar-refractivity contribution is -0.117. The Balaban J connectivity index is 1.65. The van der Waals surface area contributed by atoms with Crippen molar-refractivity contribution in [1.29, 1.82) is 0 Å². The molecule has 1 spiro atoms. The van der Waals surface area contributed by atoms with Crippen molar-refractivity contribution in [2.45, 2.75) is 115 Å². The summed E-state index contributed by atoms with van der Waals surface area (Å²) in [5.41, 5.74) is 0.870. The highest BCUT2D eigenvalue weighted by Crippen LogP contribution is 2.62. The van der Waals surface area contributed by atoms with E-state index < -0.39 is 26.1 Å². The first-order valence-electron chi connectivity index (χ1n) is 16.0. The summed E-state index contributed by atoms with van der Waals surface area (Å²) in [6.45, 7) is 20.0. The van der Waals surface area contributed by atoms with Crippen molar-refractivity contribution in [2.75, 3.05) is 13.7 Å². The number of hydrogen-bond acceptors (Lipinski definition) is 7. The molecule has 3 heterocycles. The first-order valence-corrected chi connectivity index (χ1v) is 18.9. The smallest absolute Gasteiger partial charge is 0.355 e. The molecule has 1 saturated heterocycles. The van der Waals surface area contributed by atoms with Gasteiger partial charge in [0.25, 0.3) is 0 Å². The largest absolute Gasteiger partial charge is 0.455 e. The van der Waals surface area contributed by atoms with Gasteiger partial charge in [0.05, 0.1) is 31.0 Å². The Kier molecular flexibility index (Phi) is 9.01. The number of carbonyl (C=O) groups is 1. The summed E-state index contributed by atoms with van der Waals surface area (Å²) >= 11 is 0. The van der Waals surface area contributed by atoms with Crippen molar-refractivity contribution in [2.24, 2.45) is 29.6 Å². The van der Waals surface area contributed by atoms with Crippen molar-refractivity contribution in [1.82, 2.24) is 4.98 Å². The minimum Gasteiger partial charge on any atom is -0.455 e. The Labute approximate surface area is 258 Å². The molecule has 0 aromatic carbocycles. The van der Waals surface area contributed by atoms with Crippen LogP contribution in [0.5, 0.6) is 0 Å². The molecule has 240 valence electrons. The van der Waals surface area contributed by atoms with Gasteiger partial charge in [0.2, 0.25) is 0 Å². The molecule has 0 amide bonds. The number of ether oxygens (including phenoxy) is 4. The molecular weight excluding hydrogens is 562 g/mol. The Hall–Kier alpha value is -1.75. The van der Waals surface area contributed by atoms with Gasteiger partial charge in [-0.15, -0.1) is 0 Å². The zero-order valence-electron chi connectivity index (χ0n) is 27.6. The highest BCUT2D eigenvalue weighted by molar-refractivity contribution is 6.74. The number of hydrogen-bond donors (Lipinski definition) is 2. The summed E-state index contributed by atoms with van der Waals surface area (Å²) in [4.78, 5) is 16.4. The van der Waals surface area contributed by atoms with Crippen LogP contribution < -0.4 is 0 Å². The van der Waals surface area contributed by atoms with Crippen LogP contribution in [0.4, 0.5) is 0 Å². The second kappa shape index (κ2) is 11.9. The number of aliphatic hydroxyl groups excluding tert-OH is 1. The van der Waals surface area contributed by atoms with Gasteiger partial charge in [-0.3, -0.25) is 0 Å². The molecule has 8 nitrogen and oxygen atoms in total. The summed E-state index contributed by atoms with van der Waals surface area (Å²) in [6.07, 6.45) is 7.09. The van der Waals surface area contributed by atoms with Gasteiger partial charge in [0, 0.05) is 42.9 Å². The first kappa shape index (κ1) is 32.6. The van der Waals surface area contributed by atoms with Crippen molar-refractivity contribution >= 4 is 14.3 Å². The molecule has 43 heavy (non-hydrogen) atoms. The summed E-state index contributed by atoms with van der Waals surface area (Å²) in [6, 6.07) is 3.54. The van der Waals surface area contributed by atoms with Crippen LogP contribution >= 0.6 is 0 Å². The molecule has 4 aliphatic rings. The van der Waals surface area contributed by atoms with Crippen molar-refractivity contribution in [3.05, 3.63) is 47.8 Å². The molecule has 1 aromatic rings. The van der Waals surface area contributed by atoms with Crippen molar-refractivity contribution in [3.8, 4) is 0 Å². The van der Waals surface area contributed by atoms with Gasteiger partial charge in [0.1, 0.15) is 23.5 Å². The fourth-order valence-corrected chi connectivity index (χ4v) is 9.30. The minimum absolute atomic E-state index is 0.000168. The van der Waals surface area contributed by atoms with Crippen LogP contribution in [0.15, 0.2) is 42.1 Å². The van der Waals surface area contributed by atoms with E-state index in [1.54, 1.807) is 32.4 Å². The number of carbonyl (C=O) groups excluding carboxylic acids is 1. The van der Waals surface area contributed by atoms with Crippen LogP contribution in [-0.2, 0) is 23.4 Å². The fraction of sp³-hybridized carbons (Fsp3) is 0.735. The molecule has 0 unspecified atom stereocenters. The van der Waals surface area contributed by atoms with E-state index in [4.69, 9.17) is 23.4 Å². The van der Waals surface area contributed by atoms with E-state index in [-0.39, 0.29) is 65.0 Å². The van der Waals surface area contributed by atoms with Gasteiger partial charge in [0.15, 0.2) is 8.32 Å². The fourth-order valence-electron chi connectivity index (χ4n) is 7.91. The number of aromatic nitrogens is 1. The van der Waals surface area contributed by atoms with Crippen LogP contribution in [0.3, 0.4) is 0 Å². The number of H-pyrrole nitrogens is 1. The summed E-state index contributed by atoms with van der Waals surface area (Å²) in [5.74, 6) is -0.457. The molecule has 4 bridgehead atoms. The zero-order valence-corrected chi connectivity index (χ0v) is 28.6. The molecule has 9 heteroatoms. The van der Waals surface area contributed by atoms with Crippen LogP contribution in [0, 0.1) is 29.6 Å². The van der Waals surface area contributed by atoms with Gasteiger partial charge in [-0.25, -0.2) is 4.79 Å². The van der Waals surface area contributed by atoms with Crippen LogP contribution in [0.1, 0.15) is 65.4 Å². The third-order valence-electron chi connectivity index (χ3n) is 11.2. The maximum absolute atomic E-state index is 13.4. The van der Waals surface area contributed by atoms with E-state index in [1.165, 1.54) is 0 Å². The van der Waals surface area contributed by atoms with Gasteiger partial charge >= 0.3 is 5.97 Å². The maximum atomic E-state index is 13.4. The normalized spacial score (nSPS) is 41.6. The number of methoxy groups -OCH3 is 1. The maximum Gasteiger partial charge on any atom is 0.355 e. The van der Waals surface area contributed by atoms with Gasteiger partial charge < -0.3 is 33.5 Å². The average molecular weight is 616 g/mol. The van der Waals surface area contributed by atoms with Crippen molar-refractivity contribution < 1.29 is 33.3 Å². The van der Waals surface area contributed by atoms with E-state index >= 15 is 0 Å². The molecule has 0 radical (unpaired) electrons. The Morgan fingerprint density at radius 2 is 1.93 bits per heavy atom. The van der Waals surface area contributed by atoms with Crippen molar-refractivity contribution in [3.63, 3.8) is 0 Å². The molecule has 2 aliphatic carbocycles. The number of rotatable bonds is 6.